The third kappa shape index (κ3) is 3.42. The molecule has 2 N–H and O–H groups in total. The number of hydrogen-bond donors (Lipinski definition) is 2. The van der Waals surface area contributed by atoms with E-state index in [1.54, 1.807) is 4.68 Å². The number of hydrogen-bond acceptors (Lipinski definition) is 10. The van der Waals surface area contributed by atoms with Crippen LogP contribution in [0, 0.1) is 5.82 Å². The van der Waals surface area contributed by atoms with Gasteiger partial charge in [0.25, 0.3) is 0 Å². The SMILES string of the molecule is CC1(C)C[C@H](Nc2nc(Nc3ccc4c(c3)-n3nnnc3C3(COC3)O4)ncc2F)C[C@@H]2CCCN21. The number of piperidine rings is 1. The maximum Gasteiger partial charge on any atom is 0.229 e. The van der Waals surface area contributed by atoms with Gasteiger partial charge in [-0.3, -0.25) is 4.90 Å². The Morgan fingerprint density at radius 2 is 2.11 bits per heavy atom. The molecule has 36 heavy (non-hydrogen) atoms. The summed E-state index contributed by atoms with van der Waals surface area (Å²) in [6, 6.07) is 6.26. The number of aromatic nitrogens is 6. The first-order chi connectivity index (χ1) is 17.4. The van der Waals surface area contributed by atoms with Gasteiger partial charge in [-0.05, 0) is 74.7 Å². The van der Waals surface area contributed by atoms with E-state index in [1.807, 2.05) is 18.2 Å². The van der Waals surface area contributed by atoms with Gasteiger partial charge in [0.2, 0.25) is 17.4 Å². The average Bonchev–Trinajstić information content (AvgIpc) is 3.50. The molecular formula is C24H28FN9O2. The van der Waals surface area contributed by atoms with E-state index in [2.05, 4.69) is 54.9 Å². The van der Waals surface area contributed by atoms with Crippen LogP contribution >= 0.6 is 0 Å². The van der Waals surface area contributed by atoms with Gasteiger partial charge in [-0.25, -0.2) is 9.37 Å². The highest BCUT2D eigenvalue weighted by atomic mass is 19.1. The van der Waals surface area contributed by atoms with Gasteiger partial charge in [-0.15, -0.1) is 5.10 Å². The minimum Gasteiger partial charge on any atom is -0.472 e. The Morgan fingerprint density at radius 1 is 1.22 bits per heavy atom. The van der Waals surface area contributed by atoms with Crippen LogP contribution in [0.1, 0.15) is 45.4 Å². The molecule has 4 aliphatic heterocycles. The number of nitrogens with one attached hydrogen (secondary N) is 2. The molecule has 7 rings (SSSR count). The minimum absolute atomic E-state index is 0.0755. The second-order valence-electron chi connectivity index (χ2n) is 10.8. The van der Waals surface area contributed by atoms with Crippen molar-refractivity contribution < 1.29 is 13.9 Å². The summed E-state index contributed by atoms with van der Waals surface area (Å²) in [4.78, 5) is 11.2. The average molecular weight is 494 g/mol. The van der Waals surface area contributed by atoms with E-state index in [-0.39, 0.29) is 17.4 Å². The Hall–Kier alpha value is -3.38. The molecule has 11 nitrogen and oxygen atoms in total. The second-order valence-corrected chi connectivity index (χ2v) is 10.8. The molecule has 12 heteroatoms. The van der Waals surface area contributed by atoms with Crippen LogP contribution in [0.5, 0.6) is 5.75 Å². The molecule has 3 aromatic rings. The lowest BCUT2D eigenvalue weighted by atomic mass is 9.84. The van der Waals surface area contributed by atoms with Crippen LogP contribution in [0.2, 0.25) is 0 Å². The summed E-state index contributed by atoms with van der Waals surface area (Å²) < 4.78 is 27.9. The first-order valence-corrected chi connectivity index (χ1v) is 12.4. The smallest absolute Gasteiger partial charge is 0.229 e. The van der Waals surface area contributed by atoms with E-state index in [4.69, 9.17) is 9.47 Å². The molecule has 2 atom stereocenters. The molecule has 6 heterocycles. The van der Waals surface area contributed by atoms with E-state index in [1.165, 1.54) is 19.0 Å². The predicted octanol–water partition coefficient (Wildman–Crippen LogP) is 2.77. The van der Waals surface area contributed by atoms with Crippen molar-refractivity contribution in [3.05, 3.63) is 36.0 Å². The van der Waals surface area contributed by atoms with Gasteiger partial charge in [-0.1, -0.05) is 0 Å². The van der Waals surface area contributed by atoms with E-state index in [0.717, 1.165) is 19.4 Å². The number of ether oxygens (including phenoxy) is 2. The van der Waals surface area contributed by atoms with Crippen molar-refractivity contribution in [2.45, 2.75) is 62.8 Å². The van der Waals surface area contributed by atoms with Gasteiger partial charge >= 0.3 is 0 Å². The standard InChI is InChI=1S/C24H28FN9O2/c1-23(2)10-15(8-16-4-3-7-33(16)23)27-20-17(25)11-26-22(29-20)28-14-5-6-19-18(9-14)34-21(30-31-32-34)24(36-19)12-35-13-24/h5-6,9,11,15-16H,3-4,7-8,10,12-13H2,1-2H3,(H2,26,27,28,29)/t15-,16+/m1/s1. The lowest BCUT2D eigenvalue weighted by molar-refractivity contribution is -0.176. The van der Waals surface area contributed by atoms with Crippen LogP contribution in [0.25, 0.3) is 5.69 Å². The number of halogens is 1. The first-order valence-electron chi connectivity index (χ1n) is 12.4. The fourth-order valence-electron chi connectivity index (χ4n) is 6.18. The van der Waals surface area contributed by atoms with Gasteiger partial charge in [0.1, 0.15) is 11.4 Å². The summed E-state index contributed by atoms with van der Waals surface area (Å²) in [6.07, 6.45) is 5.54. The Balaban J connectivity index is 1.12. The highest BCUT2D eigenvalue weighted by molar-refractivity contribution is 5.64. The van der Waals surface area contributed by atoms with Gasteiger partial charge < -0.3 is 20.1 Å². The quantitative estimate of drug-likeness (QED) is 0.562. The Kier molecular flexibility index (Phi) is 4.74. The highest BCUT2D eigenvalue weighted by Gasteiger charge is 2.51. The summed E-state index contributed by atoms with van der Waals surface area (Å²) in [5.74, 6) is 1.33. The maximum atomic E-state index is 14.7. The van der Waals surface area contributed by atoms with Crippen molar-refractivity contribution in [3.63, 3.8) is 0 Å². The van der Waals surface area contributed by atoms with Gasteiger partial charge in [0.05, 0.1) is 19.4 Å². The topological polar surface area (TPSA) is 115 Å². The van der Waals surface area contributed by atoms with E-state index >= 15 is 0 Å². The lowest BCUT2D eigenvalue weighted by Gasteiger charge is -2.47. The van der Waals surface area contributed by atoms with Gasteiger partial charge in [0, 0.05) is 23.3 Å². The molecule has 2 aromatic heterocycles. The number of fused-ring (bicyclic) bond motifs is 5. The summed E-state index contributed by atoms with van der Waals surface area (Å²) in [7, 11) is 0. The van der Waals surface area contributed by atoms with Crippen molar-refractivity contribution >= 4 is 17.5 Å². The highest BCUT2D eigenvalue weighted by Crippen LogP contribution is 2.43. The van der Waals surface area contributed by atoms with Gasteiger partial charge in [0.15, 0.2) is 11.6 Å². The van der Waals surface area contributed by atoms with Crippen molar-refractivity contribution in [2.75, 3.05) is 30.4 Å². The lowest BCUT2D eigenvalue weighted by Crippen LogP contribution is -2.55. The molecule has 0 radical (unpaired) electrons. The molecule has 3 fully saturated rings. The fourth-order valence-corrected chi connectivity index (χ4v) is 6.18. The number of rotatable bonds is 4. The van der Waals surface area contributed by atoms with E-state index in [0.29, 0.717) is 48.2 Å². The zero-order valence-electron chi connectivity index (χ0n) is 20.2. The van der Waals surface area contributed by atoms with Crippen LogP contribution in [-0.4, -0.2) is 72.5 Å². The van der Waals surface area contributed by atoms with E-state index in [9.17, 15) is 4.39 Å². The zero-order chi connectivity index (χ0) is 24.5. The number of nitrogens with zero attached hydrogens (tertiary/aromatic N) is 7. The van der Waals surface area contributed by atoms with Crippen LogP contribution in [0.3, 0.4) is 0 Å². The molecular weight excluding hydrogens is 465 g/mol. The molecule has 0 unspecified atom stereocenters. The summed E-state index contributed by atoms with van der Waals surface area (Å²) in [5.41, 5.74) is 0.836. The number of benzene rings is 1. The molecule has 0 bridgehead atoms. The third-order valence-corrected chi connectivity index (χ3v) is 7.84. The molecule has 0 saturated carbocycles. The predicted molar refractivity (Wildman–Crippen MR) is 128 cm³/mol. The minimum atomic E-state index is -0.644. The summed E-state index contributed by atoms with van der Waals surface area (Å²) in [6.45, 7) is 6.51. The second kappa shape index (κ2) is 7.81. The Bertz CT molecular complexity index is 1320. The Morgan fingerprint density at radius 3 is 2.94 bits per heavy atom. The molecule has 4 aliphatic rings. The molecule has 3 saturated heterocycles. The van der Waals surface area contributed by atoms with Crippen LogP contribution in [-0.2, 0) is 10.3 Å². The monoisotopic (exact) mass is 493 g/mol. The van der Waals surface area contributed by atoms with Crippen molar-refractivity contribution in [1.29, 1.82) is 0 Å². The molecule has 0 amide bonds. The largest absolute Gasteiger partial charge is 0.472 e. The molecule has 0 aliphatic carbocycles. The zero-order valence-corrected chi connectivity index (χ0v) is 20.2. The number of tetrazole rings is 1. The fraction of sp³-hybridized carbons (Fsp3) is 0.542. The van der Waals surface area contributed by atoms with Crippen molar-refractivity contribution in [2.24, 2.45) is 0 Å². The van der Waals surface area contributed by atoms with Crippen molar-refractivity contribution in [3.8, 4) is 11.4 Å². The van der Waals surface area contributed by atoms with Crippen LogP contribution in [0.4, 0.5) is 21.8 Å². The molecule has 1 aromatic carbocycles. The van der Waals surface area contributed by atoms with Crippen LogP contribution in [0.15, 0.2) is 24.4 Å². The summed E-state index contributed by atoms with van der Waals surface area (Å²) >= 11 is 0. The van der Waals surface area contributed by atoms with Crippen LogP contribution < -0.4 is 15.4 Å². The maximum absolute atomic E-state index is 14.7. The normalized spacial score (nSPS) is 25.3. The first kappa shape index (κ1) is 21.9. The summed E-state index contributed by atoms with van der Waals surface area (Å²) in [5, 5.41) is 18.7. The number of anilines is 3. The van der Waals surface area contributed by atoms with E-state index < -0.39 is 11.4 Å². The Labute approximate surface area is 207 Å². The third-order valence-electron chi connectivity index (χ3n) is 7.84. The van der Waals surface area contributed by atoms with Crippen molar-refractivity contribution in [1.82, 2.24) is 35.1 Å². The van der Waals surface area contributed by atoms with Gasteiger partial charge in [-0.2, -0.15) is 9.67 Å². The molecule has 1 spiro atoms. The molecule has 188 valence electrons.